The van der Waals surface area contributed by atoms with Gasteiger partial charge in [-0.1, -0.05) is 18.2 Å². The van der Waals surface area contributed by atoms with Gasteiger partial charge < -0.3 is 14.6 Å². The van der Waals surface area contributed by atoms with Crippen LogP contribution < -0.4 is 9.47 Å². The Hall–Kier alpha value is -1.81. The van der Waals surface area contributed by atoms with E-state index in [1.54, 1.807) is 31.0 Å². The Bertz CT molecular complexity index is 610. The second-order valence-electron chi connectivity index (χ2n) is 4.74. The van der Waals surface area contributed by atoms with Crippen LogP contribution in [0.1, 0.15) is 18.6 Å². The van der Waals surface area contributed by atoms with Gasteiger partial charge in [-0.25, -0.2) is 0 Å². The number of rotatable bonds is 2. The summed E-state index contributed by atoms with van der Waals surface area (Å²) >= 11 is 1.76. The SMILES string of the molecule is COc1cccc2c1SC(C)C(c1ccc(O)cc1)O2. The minimum absolute atomic E-state index is 0.0276. The number of aromatic hydroxyl groups is 1. The first-order chi connectivity index (χ1) is 9.69. The van der Waals surface area contributed by atoms with Crippen molar-refractivity contribution in [1.82, 2.24) is 0 Å². The lowest BCUT2D eigenvalue weighted by Gasteiger charge is -2.32. The Morgan fingerprint density at radius 1 is 1.15 bits per heavy atom. The fraction of sp³-hybridized carbons (Fsp3) is 0.250. The number of hydrogen-bond acceptors (Lipinski definition) is 4. The van der Waals surface area contributed by atoms with Crippen molar-refractivity contribution < 1.29 is 14.6 Å². The van der Waals surface area contributed by atoms with Crippen molar-refractivity contribution in [3.63, 3.8) is 0 Å². The average Bonchev–Trinajstić information content (AvgIpc) is 2.47. The Kier molecular flexibility index (Phi) is 3.49. The summed E-state index contributed by atoms with van der Waals surface area (Å²) in [7, 11) is 1.67. The molecule has 20 heavy (non-hydrogen) atoms. The number of phenolic OH excluding ortho intramolecular Hbond substituents is 1. The normalized spacial score (nSPS) is 20.9. The summed E-state index contributed by atoms with van der Waals surface area (Å²) < 4.78 is 11.5. The first-order valence-corrected chi connectivity index (χ1v) is 7.36. The van der Waals surface area contributed by atoms with Crippen molar-refractivity contribution in [2.75, 3.05) is 7.11 Å². The maximum atomic E-state index is 9.38. The molecule has 0 aromatic heterocycles. The Balaban J connectivity index is 1.95. The molecule has 0 saturated carbocycles. The van der Waals surface area contributed by atoms with E-state index in [4.69, 9.17) is 9.47 Å². The summed E-state index contributed by atoms with van der Waals surface area (Å²) in [5.41, 5.74) is 1.07. The lowest BCUT2D eigenvalue weighted by atomic mass is 10.1. The topological polar surface area (TPSA) is 38.7 Å². The smallest absolute Gasteiger partial charge is 0.137 e. The van der Waals surface area contributed by atoms with Crippen LogP contribution in [-0.4, -0.2) is 17.5 Å². The van der Waals surface area contributed by atoms with E-state index in [9.17, 15) is 5.11 Å². The summed E-state index contributed by atoms with van der Waals surface area (Å²) in [6, 6.07) is 13.0. The predicted molar refractivity (Wildman–Crippen MR) is 79.8 cm³/mol. The molecule has 0 saturated heterocycles. The van der Waals surface area contributed by atoms with Crippen LogP contribution in [-0.2, 0) is 0 Å². The Morgan fingerprint density at radius 2 is 1.90 bits per heavy atom. The fourth-order valence-electron chi connectivity index (χ4n) is 2.35. The maximum absolute atomic E-state index is 9.38. The monoisotopic (exact) mass is 288 g/mol. The standard InChI is InChI=1S/C16H16O3S/c1-10-15(11-6-8-12(17)9-7-11)19-14-5-3-4-13(18-2)16(14)20-10/h3-10,15,17H,1-2H3. The molecule has 0 fully saturated rings. The van der Waals surface area contributed by atoms with Gasteiger partial charge >= 0.3 is 0 Å². The molecule has 2 atom stereocenters. The van der Waals surface area contributed by atoms with Crippen LogP contribution in [0.4, 0.5) is 0 Å². The molecule has 1 N–H and O–H groups in total. The predicted octanol–water partition coefficient (Wildman–Crippen LogP) is 4.02. The molecule has 0 amide bonds. The largest absolute Gasteiger partial charge is 0.508 e. The van der Waals surface area contributed by atoms with Crippen molar-refractivity contribution in [1.29, 1.82) is 0 Å². The quantitative estimate of drug-likeness (QED) is 0.906. The maximum Gasteiger partial charge on any atom is 0.137 e. The number of thioether (sulfide) groups is 1. The zero-order valence-electron chi connectivity index (χ0n) is 11.4. The van der Waals surface area contributed by atoms with Gasteiger partial charge in [-0.15, -0.1) is 11.8 Å². The van der Waals surface area contributed by atoms with E-state index in [1.165, 1.54) is 0 Å². The Labute approximate surface area is 122 Å². The summed E-state index contributed by atoms with van der Waals surface area (Å²) in [6.07, 6.45) is -0.0276. The second kappa shape index (κ2) is 5.29. The average molecular weight is 288 g/mol. The lowest BCUT2D eigenvalue weighted by molar-refractivity contribution is 0.193. The van der Waals surface area contributed by atoms with Gasteiger partial charge in [0.1, 0.15) is 23.4 Å². The van der Waals surface area contributed by atoms with Crippen molar-refractivity contribution in [2.24, 2.45) is 0 Å². The fourth-order valence-corrected chi connectivity index (χ4v) is 3.56. The van der Waals surface area contributed by atoms with Crippen molar-refractivity contribution in [3.8, 4) is 17.2 Å². The van der Waals surface area contributed by atoms with Crippen LogP contribution >= 0.6 is 11.8 Å². The number of ether oxygens (including phenoxy) is 2. The number of methoxy groups -OCH3 is 1. The number of hydrogen-bond donors (Lipinski definition) is 1. The number of benzene rings is 2. The van der Waals surface area contributed by atoms with Gasteiger partial charge in [-0.05, 0) is 36.8 Å². The van der Waals surface area contributed by atoms with E-state index in [-0.39, 0.29) is 17.1 Å². The van der Waals surface area contributed by atoms with Gasteiger partial charge in [-0.3, -0.25) is 0 Å². The van der Waals surface area contributed by atoms with Crippen LogP contribution in [0, 0.1) is 0 Å². The first kappa shape index (κ1) is 13.2. The molecule has 2 unspecified atom stereocenters. The zero-order chi connectivity index (χ0) is 14.1. The molecule has 104 valence electrons. The van der Waals surface area contributed by atoms with Crippen LogP contribution in [0.3, 0.4) is 0 Å². The van der Waals surface area contributed by atoms with Crippen molar-refractivity contribution in [2.45, 2.75) is 23.2 Å². The summed E-state index contributed by atoms with van der Waals surface area (Å²) in [6.45, 7) is 2.14. The van der Waals surface area contributed by atoms with Crippen LogP contribution in [0.25, 0.3) is 0 Å². The second-order valence-corrected chi connectivity index (χ2v) is 6.13. The molecule has 2 aromatic rings. The van der Waals surface area contributed by atoms with Crippen LogP contribution in [0.5, 0.6) is 17.2 Å². The highest BCUT2D eigenvalue weighted by atomic mass is 32.2. The molecule has 4 heteroatoms. The first-order valence-electron chi connectivity index (χ1n) is 6.48. The highest BCUT2D eigenvalue weighted by molar-refractivity contribution is 8.00. The Morgan fingerprint density at radius 3 is 2.60 bits per heavy atom. The highest BCUT2D eigenvalue weighted by Crippen LogP contribution is 2.49. The molecule has 0 spiro atoms. The van der Waals surface area contributed by atoms with Crippen LogP contribution in [0.15, 0.2) is 47.4 Å². The molecular formula is C16H16O3S. The van der Waals surface area contributed by atoms with Crippen molar-refractivity contribution >= 4 is 11.8 Å². The summed E-state index contributed by atoms with van der Waals surface area (Å²) in [4.78, 5) is 1.05. The molecule has 3 rings (SSSR count). The molecule has 3 nitrogen and oxygen atoms in total. The van der Waals surface area contributed by atoms with Gasteiger partial charge in [0.05, 0.1) is 12.0 Å². The molecule has 0 bridgehead atoms. The third kappa shape index (κ3) is 2.31. The minimum atomic E-state index is -0.0276. The van der Waals surface area contributed by atoms with E-state index in [2.05, 4.69) is 6.92 Å². The van der Waals surface area contributed by atoms with Crippen LogP contribution in [0.2, 0.25) is 0 Å². The highest BCUT2D eigenvalue weighted by Gasteiger charge is 2.30. The van der Waals surface area contributed by atoms with Gasteiger partial charge in [0.25, 0.3) is 0 Å². The van der Waals surface area contributed by atoms with E-state index < -0.39 is 0 Å². The molecule has 1 aliphatic heterocycles. The van der Waals surface area contributed by atoms with Crippen molar-refractivity contribution in [3.05, 3.63) is 48.0 Å². The lowest BCUT2D eigenvalue weighted by Crippen LogP contribution is -2.22. The molecule has 1 heterocycles. The molecule has 2 aromatic carbocycles. The third-order valence-electron chi connectivity index (χ3n) is 3.37. The number of fused-ring (bicyclic) bond motifs is 1. The van der Waals surface area contributed by atoms with Gasteiger partial charge in [0.2, 0.25) is 0 Å². The van der Waals surface area contributed by atoms with E-state index in [0.717, 1.165) is 22.0 Å². The van der Waals surface area contributed by atoms with Gasteiger partial charge in [-0.2, -0.15) is 0 Å². The molecule has 0 radical (unpaired) electrons. The van der Waals surface area contributed by atoms with E-state index >= 15 is 0 Å². The zero-order valence-corrected chi connectivity index (χ0v) is 12.2. The van der Waals surface area contributed by atoms with E-state index in [0.29, 0.717) is 0 Å². The minimum Gasteiger partial charge on any atom is -0.508 e. The molecule has 1 aliphatic rings. The summed E-state index contributed by atoms with van der Waals surface area (Å²) in [5.74, 6) is 1.97. The summed E-state index contributed by atoms with van der Waals surface area (Å²) in [5, 5.41) is 9.65. The van der Waals surface area contributed by atoms with E-state index in [1.807, 2.05) is 30.3 Å². The molecular weight excluding hydrogens is 272 g/mol. The third-order valence-corrected chi connectivity index (χ3v) is 4.63. The van der Waals surface area contributed by atoms with Gasteiger partial charge in [0.15, 0.2) is 0 Å². The van der Waals surface area contributed by atoms with Gasteiger partial charge in [0, 0.05) is 5.25 Å². The molecule has 0 aliphatic carbocycles. The number of phenols is 1.